The summed E-state index contributed by atoms with van der Waals surface area (Å²) in [6, 6.07) is 12.9. The molecule has 31 heavy (non-hydrogen) atoms. The van der Waals surface area contributed by atoms with Crippen LogP contribution in [0.3, 0.4) is 0 Å². The Morgan fingerprint density at radius 3 is 2.26 bits per heavy atom. The Labute approximate surface area is 176 Å². The van der Waals surface area contributed by atoms with E-state index in [4.69, 9.17) is 14.0 Å². The van der Waals surface area contributed by atoms with Crippen molar-refractivity contribution in [1.29, 1.82) is 0 Å². The number of carbonyl (C=O) groups excluding carboxylic acids is 2. The molecule has 0 radical (unpaired) electrons. The van der Waals surface area contributed by atoms with Gasteiger partial charge in [-0.05, 0) is 46.4 Å². The third-order valence-corrected chi connectivity index (χ3v) is 5.06. The van der Waals surface area contributed by atoms with Gasteiger partial charge in [0.25, 0.3) is 5.91 Å². The van der Waals surface area contributed by atoms with Crippen molar-refractivity contribution in [1.82, 2.24) is 10.6 Å². The maximum absolute atomic E-state index is 12.8. The van der Waals surface area contributed by atoms with Crippen LogP contribution in [-0.4, -0.2) is 37.3 Å². The normalized spacial score (nSPS) is 16.1. The minimum Gasteiger partial charge on any atom is -0.497 e. The molecule has 0 aliphatic carbocycles. The molecule has 0 bridgehead atoms. The average molecular weight is 425 g/mol. The van der Waals surface area contributed by atoms with Gasteiger partial charge in [-0.15, -0.1) is 0 Å². The maximum atomic E-state index is 12.8. The number of nitrogens with one attached hydrogen (secondary N) is 2. The SMILES string of the molecule is COc1ccc(N2C(=O)CC(NCc3c(=O)o[nH][n+]3-c3ccc(OC)cc3)C2=O)cc1. The summed E-state index contributed by atoms with van der Waals surface area (Å²) in [5, 5.41) is 5.54. The van der Waals surface area contributed by atoms with Crippen molar-refractivity contribution in [3.63, 3.8) is 0 Å². The lowest BCUT2D eigenvalue weighted by Crippen LogP contribution is -2.44. The monoisotopic (exact) mass is 425 g/mol. The minimum absolute atomic E-state index is 0.0108. The van der Waals surface area contributed by atoms with Crippen molar-refractivity contribution in [2.75, 3.05) is 19.1 Å². The highest BCUT2D eigenvalue weighted by molar-refractivity contribution is 6.22. The van der Waals surface area contributed by atoms with Gasteiger partial charge in [0.2, 0.25) is 11.6 Å². The van der Waals surface area contributed by atoms with E-state index < -0.39 is 11.7 Å². The second kappa shape index (κ2) is 8.44. The van der Waals surface area contributed by atoms with Crippen LogP contribution in [0.15, 0.2) is 57.8 Å². The van der Waals surface area contributed by atoms with Crippen LogP contribution >= 0.6 is 0 Å². The molecule has 0 spiro atoms. The zero-order valence-corrected chi connectivity index (χ0v) is 17.0. The van der Waals surface area contributed by atoms with E-state index in [2.05, 4.69) is 10.6 Å². The molecule has 1 aromatic heterocycles. The Kier molecular flexibility index (Phi) is 5.54. The molecule has 10 heteroatoms. The van der Waals surface area contributed by atoms with Gasteiger partial charge in [-0.3, -0.25) is 19.4 Å². The third kappa shape index (κ3) is 3.92. The number of anilines is 1. The fourth-order valence-electron chi connectivity index (χ4n) is 3.40. The molecule has 1 saturated heterocycles. The summed E-state index contributed by atoms with van der Waals surface area (Å²) in [6.45, 7) is 0.0258. The first-order chi connectivity index (χ1) is 15.0. The van der Waals surface area contributed by atoms with Crippen LogP contribution in [0.25, 0.3) is 5.69 Å². The van der Waals surface area contributed by atoms with Crippen LogP contribution in [0.1, 0.15) is 12.1 Å². The van der Waals surface area contributed by atoms with Gasteiger partial charge < -0.3 is 9.47 Å². The van der Waals surface area contributed by atoms with Gasteiger partial charge >= 0.3 is 11.3 Å². The van der Waals surface area contributed by atoms with Crippen molar-refractivity contribution in [3.8, 4) is 17.2 Å². The summed E-state index contributed by atoms with van der Waals surface area (Å²) >= 11 is 0. The van der Waals surface area contributed by atoms with E-state index in [0.717, 1.165) is 4.90 Å². The second-order valence-corrected chi connectivity index (χ2v) is 6.86. The molecule has 0 saturated carbocycles. The molecular formula is C21H21N4O6+. The number of benzene rings is 2. The Hall–Kier alpha value is -3.92. The van der Waals surface area contributed by atoms with Crippen LogP contribution in [0.5, 0.6) is 11.5 Å². The molecule has 1 unspecified atom stereocenters. The first kappa shape index (κ1) is 20.4. The minimum atomic E-state index is -0.756. The Balaban J connectivity index is 1.49. The number of imide groups is 1. The fourth-order valence-corrected chi connectivity index (χ4v) is 3.40. The Morgan fingerprint density at radius 2 is 1.65 bits per heavy atom. The predicted molar refractivity (Wildman–Crippen MR) is 108 cm³/mol. The fraction of sp³-hybridized carbons (Fsp3) is 0.238. The van der Waals surface area contributed by atoms with E-state index in [1.165, 1.54) is 11.8 Å². The lowest BCUT2D eigenvalue weighted by Gasteiger charge is -2.15. The first-order valence-electron chi connectivity index (χ1n) is 9.53. The van der Waals surface area contributed by atoms with Crippen LogP contribution in [0.4, 0.5) is 5.69 Å². The van der Waals surface area contributed by atoms with Gasteiger partial charge in [-0.2, -0.15) is 0 Å². The third-order valence-electron chi connectivity index (χ3n) is 5.06. The van der Waals surface area contributed by atoms with E-state index in [-0.39, 0.29) is 30.5 Å². The molecule has 1 aliphatic heterocycles. The van der Waals surface area contributed by atoms with Crippen LogP contribution < -0.4 is 30.0 Å². The summed E-state index contributed by atoms with van der Waals surface area (Å²) in [5.74, 6) is 0.589. The van der Waals surface area contributed by atoms with Gasteiger partial charge in [-0.25, -0.2) is 9.69 Å². The number of nitrogens with zero attached hydrogens (tertiary/aromatic N) is 2. The molecule has 1 aliphatic rings. The predicted octanol–water partition coefficient (Wildman–Crippen LogP) is 0.684. The first-order valence-corrected chi connectivity index (χ1v) is 9.53. The summed E-state index contributed by atoms with van der Waals surface area (Å²) in [7, 11) is 3.10. The molecule has 4 rings (SSSR count). The lowest BCUT2D eigenvalue weighted by molar-refractivity contribution is -0.677. The van der Waals surface area contributed by atoms with Crippen molar-refractivity contribution < 1.29 is 28.3 Å². The van der Waals surface area contributed by atoms with Gasteiger partial charge in [-0.1, -0.05) is 0 Å². The molecule has 2 N–H and O–H groups in total. The highest BCUT2D eigenvalue weighted by Crippen LogP contribution is 2.25. The van der Waals surface area contributed by atoms with Crippen LogP contribution in [-0.2, 0) is 16.1 Å². The highest BCUT2D eigenvalue weighted by Gasteiger charge is 2.40. The number of rotatable bonds is 7. The summed E-state index contributed by atoms with van der Waals surface area (Å²) in [5.41, 5.74) is 0.798. The molecule has 160 valence electrons. The maximum Gasteiger partial charge on any atom is 0.431 e. The number of aromatic nitrogens is 2. The van der Waals surface area contributed by atoms with Crippen molar-refractivity contribution >= 4 is 17.5 Å². The highest BCUT2D eigenvalue weighted by atomic mass is 16.5. The lowest BCUT2D eigenvalue weighted by atomic mass is 10.2. The number of H-pyrrole nitrogens is 1. The van der Waals surface area contributed by atoms with Gasteiger partial charge in [0.1, 0.15) is 11.5 Å². The number of methoxy groups -OCH3 is 2. The van der Waals surface area contributed by atoms with Crippen molar-refractivity contribution in [2.45, 2.75) is 19.0 Å². The molecule has 10 nitrogen and oxygen atoms in total. The van der Waals surface area contributed by atoms with E-state index in [0.29, 0.717) is 22.9 Å². The molecule has 1 fully saturated rings. The zero-order valence-electron chi connectivity index (χ0n) is 17.0. The van der Waals surface area contributed by atoms with E-state index >= 15 is 0 Å². The summed E-state index contributed by atoms with van der Waals surface area (Å²) in [6.07, 6.45) is -0.0108. The average Bonchev–Trinajstić information content (AvgIpc) is 3.30. The van der Waals surface area contributed by atoms with Gasteiger partial charge in [0.15, 0.2) is 0 Å². The smallest absolute Gasteiger partial charge is 0.431 e. The Bertz CT molecular complexity index is 1150. The number of hydrogen-bond acceptors (Lipinski definition) is 7. The number of ether oxygens (including phenoxy) is 2. The van der Waals surface area contributed by atoms with Gasteiger partial charge in [0.05, 0.1) is 38.9 Å². The zero-order chi connectivity index (χ0) is 22.0. The number of hydrogen-bond donors (Lipinski definition) is 2. The Morgan fingerprint density at radius 1 is 1.03 bits per heavy atom. The second-order valence-electron chi connectivity index (χ2n) is 6.86. The molecular weight excluding hydrogens is 404 g/mol. The van der Waals surface area contributed by atoms with E-state index in [1.54, 1.807) is 55.6 Å². The largest absolute Gasteiger partial charge is 0.497 e. The quantitative estimate of drug-likeness (QED) is 0.422. The number of aromatic amines is 1. The number of carbonyl (C=O) groups is 2. The van der Waals surface area contributed by atoms with E-state index in [1.807, 2.05) is 0 Å². The van der Waals surface area contributed by atoms with Crippen molar-refractivity contribution in [3.05, 3.63) is 64.6 Å². The van der Waals surface area contributed by atoms with Crippen LogP contribution in [0.2, 0.25) is 0 Å². The van der Waals surface area contributed by atoms with E-state index in [9.17, 15) is 14.4 Å². The summed E-state index contributed by atoms with van der Waals surface area (Å²) < 4.78 is 16.6. The topological polar surface area (TPSA) is 118 Å². The summed E-state index contributed by atoms with van der Waals surface area (Å²) in [4.78, 5) is 38.6. The van der Waals surface area contributed by atoms with Crippen molar-refractivity contribution in [2.24, 2.45) is 0 Å². The molecule has 1 atom stereocenters. The molecule has 2 aromatic carbocycles. The number of amides is 2. The molecule has 2 heterocycles. The molecule has 2 amide bonds. The standard InChI is InChI=1S/C21H20N4O6/c1-29-15-7-3-13(4-8-15)24-19(26)11-17(20(24)27)22-12-18-21(28)31-23-25(18)14-5-9-16(30-2)10-6-14/h3-10,17,22H,11-12H2,1-2H3/p+1. The van der Waals surface area contributed by atoms with Crippen LogP contribution in [0, 0.1) is 0 Å². The van der Waals surface area contributed by atoms with Gasteiger partial charge in [0, 0.05) is 12.1 Å². The molecule has 3 aromatic rings.